The van der Waals surface area contributed by atoms with Gasteiger partial charge in [0.25, 0.3) is 0 Å². The van der Waals surface area contributed by atoms with Crippen molar-refractivity contribution in [2.45, 2.75) is 70.1 Å². The average Bonchev–Trinajstić information content (AvgIpc) is 3.48. The Morgan fingerprint density at radius 3 is 2.19 bits per heavy atom. The predicted molar refractivity (Wildman–Crippen MR) is 182 cm³/mol. The molecule has 2 fully saturated rings. The van der Waals surface area contributed by atoms with Crippen molar-refractivity contribution in [2.24, 2.45) is 5.92 Å². The third kappa shape index (κ3) is 6.84. The molecule has 244 valence electrons. The molecule has 0 aromatic heterocycles. The van der Waals surface area contributed by atoms with Gasteiger partial charge in [-0.2, -0.15) is 0 Å². The SMILES string of the molecule is CC#CC(O)[C@@]12CO[C@@](c3ccc(Cl)c(Cc4ccc(OCC)cc4)c3)(O1)[C@H](OCc1ccccc1)[C@@H](OCc1ccccc1)[C@@H]2C. The second-order valence-corrected chi connectivity index (χ2v) is 12.5. The van der Waals surface area contributed by atoms with Crippen LogP contribution in [-0.2, 0) is 44.4 Å². The molecular formula is C40H41ClO6. The van der Waals surface area contributed by atoms with E-state index in [4.69, 9.17) is 35.3 Å². The van der Waals surface area contributed by atoms with E-state index in [1.165, 1.54) is 0 Å². The van der Waals surface area contributed by atoms with E-state index in [0.717, 1.165) is 33.6 Å². The number of ether oxygens (including phenoxy) is 5. The van der Waals surface area contributed by atoms with Crippen molar-refractivity contribution in [1.29, 1.82) is 0 Å². The molecular weight excluding hydrogens is 612 g/mol. The quantitative estimate of drug-likeness (QED) is 0.160. The zero-order chi connectivity index (χ0) is 32.9. The summed E-state index contributed by atoms with van der Waals surface area (Å²) in [6, 6.07) is 33.9. The molecule has 1 N–H and O–H groups in total. The van der Waals surface area contributed by atoms with E-state index in [-0.39, 0.29) is 12.5 Å². The van der Waals surface area contributed by atoms with Crippen molar-refractivity contribution < 1.29 is 28.8 Å². The standard InChI is InChI=1S/C40H41ClO6/c1-4-12-36(42)39-27-46-40(47-39,33-19-22-35(41)32(24-33)23-29-17-20-34(21-18-29)43-5-2)38(45-26-31-15-10-7-11-16-31)37(28(39)3)44-25-30-13-8-6-9-14-30/h6-11,13-22,24,28,36-38,42H,5,23,25-27H2,1-3H3/t28-,36?,37-,38+,39-,40-/m0/s1. The van der Waals surface area contributed by atoms with Gasteiger partial charge in [0.15, 0.2) is 0 Å². The fourth-order valence-corrected chi connectivity index (χ4v) is 6.80. The van der Waals surface area contributed by atoms with Gasteiger partial charge in [-0.15, -0.1) is 5.92 Å². The first-order valence-electron chi connectivity index (χ1n) is 16.1. The van der Waals surface area contributed by atoms with Gasteiger partial charge in [0.05, 0.1) is 32.5 Å². The Morgan fingerprint density at radius 1 is 0.894 bits per heavy atom. The largest absolute Gasteiger partial charge is 0.494 e. The van der Waals surface area contributed by atoms with Crippen LogP contribution in [0.15, 0.2) is 103 Å². The van der Waals surface area contributed by atoms with E-state index >= 15 is 0 Å². The fourth-order valence-electron chi connectivity index (χ4n) is 6.61. The first-order valence-corrected chi connectivity index (χ1v) is 16.5. The molecule has 6 nitrogen and oxygen atoms in total. The molecule has 2 heterocycles. The molecule has 6 atom stereocenters. The van der Waals surface area contributed by atoms with Crippen LogP contribution in [0, 0.1) is 17.8 Å². The maximum atomic E-state index is 11.5. The van der Waals surface area contributed by atoms with Gasteiger partial charge in [0.1, 0.15) is 23.6 Å². The van der Waals surface area contributed by atoms with Crippen LogP contribution in [0.1, 0.15) is 48.6 Å². The Hall–Kier alpha value is -3.67. The van der Waals surface area contributed by atoms with E-state index < -0.39 is 29.7 Å². The monoisotopic (exact) mass is 652 g/mol. The Morgan fingerprint density at radius 2 is 1.55 bits per heavy atom. The molecule has 2 aliphatic heterocycles. The molecule has 1 unspecified atom stereocenters. The molecule has 47 heavy (non-hydrogen) atoms. The summed E-state index contributed by atoms with van der Waals surface area (Å²) in [5.41, 5.74) is 3.60. The lowest BCUT2D eigenvalue weighted by Gasteiger charge is -2.51. The van der Waals surface area contributed by atoms with Crippen molar-refractivity contribution in [2.75, 3.05) is 13.2 Å². The minimum absolute atomic E-state index is 0.108. The normalized spacial score (nSPS) is 25.5. The Kier molecular flexibility index (Phi) is 10.3. The number of benzene rings is 4. The lowest BCUT2D eigenvalue weighted by molar-refractivity contribution is -0.340. The molecule has 2 bridgehead atoms. The molecule has 0 radical (unpaired) electrons. The van der Waals surface area contributed by atoms with Gasteiger partial charge in [-0.1, -0.05) is 103 Å². The zero-order valence-electron chi connectivity index (χ0n) is 27.0. The maximum Gasteiger partial charge on any atom is 0.225 e. The van der Waals surface area contributed by atoms with Crippen LogP contribution in [0.25, 0.3) is 0 Å². The van der Waals surface area contributed by atoms with Crippen LogP contribution >= 0.6 is 11.6 Å². The molecule has 0 amide bonds. The van der Waals surface area contributed by atoms with Gasteiger partial charge in [-0.05, 0) is 66.8 Å². The van der Waals surface area contributed by atoms with E-state index in [1.54, 1.807) is 6.92 Å². The summed E-state index contributed by atoms with van der Waals surface area (Å²) in [6.45, 7) is 7.08. The second kappa shape index (κ2) is 14.6. The number of halogens is 1. The molecule has 0 spiro atoms. The molecule has 0 saturated carbocycles. The molecule has 0 aliphatic carbocycles. The van der Waals surface area contributed by atoms with Crippen LogP contribution in [0.5, 0.6) is 5.75 Å². The van der Waals surface area contributed by atoms with E-state index in [1.807, 2.05) is 117 Å². The maximum absolute atomic E-state index is 11.5. The lowest BCUT2D eigenvalue weighted by Crippen LogP contribution is -2.65. The number of aliphatic hydroxyl groups excluding tert-OH is 1. The predicted octanol–water partition coefficient (Wildman–Crippen LogP) is 7.47. The number of hydrogen-bond acceptors (Lipinski definition) is 6. The lowest BCUT2D eigenvalue weighted by atomic mass is 9.75. The van der Waals surface area contributed by atoms with E-state index in [2.05, 4.69) is 11.8 Å². The summed E-state index contributed by atoms with van der Waals surface area (Å²) in [4.78, 5) is 0. The zero-order valence-corrected chi connectivity index (χ0v) is 27.8. The fraction of sp³-hybridized carbons (Fsp3) is 0.350. The van der Waals surface area contributed by atoms with Gasteiger partial charge >= 0.3 is 0 Å². The van der Waals surface area contributed by atoms with Crippen molar-refractivity contribution in [3.8, 4) is 17.6 Å². The third-order valence-electron chi connectivity index (χ3n) is 9.17. The van der Waals surface area contributed by atoms with Crippen LogP contribution in [0.3, 0.4) is 0 Å². The summed E-state index contributed by atoms with van der Waals surface area (Å²) in [5, 5.41) is 12.2. The number of hydrogen-bond donors (Lipinski definition) is 1. The van der Waals surface area contributed by atoms with Crippen LogP contribution < -0.4 is 4.74 Å². The average molecular weight is 653 g/mol. The van der Waals surface area contributed by atoms with Gasteiger partial charge in [0, 0.05) is 16.5 Å². The summed E-state index contributed by atoms with van der Waals surface area (Å²) >= 11 is 6.81. The summed E-state index contributed by atoms with van der Waals surface area (Å²) in [6.07, 6.45) is -1.74. The molecule has 4 aromatic rings. The third-order valence-corrected chi connectivity index (χ3v) is 9.54. The highest BCUT2D eigenvalue weighted by atomic mass is 35.5. The van der Waals surface area contributed by atoms with Crippen molar-refractivity contribution >= 4 is 11.6 Å². The van der Waals surface area contributed by atoms with Gasteiger partial charge < -0.3 is 28.8 Å². The van der Waals surface area contributed by atoms with Crippen LogP contribution in [-0.4, -0.2) is 42.2 Å². The van der Waals surface area contributed by atoms with Crippen LogP contribution in [0.4, 0.5) is 0 Å². The minimum Gasteiger partial charge on any atom is -0.494 e. The van der Waals surface area contributed by atoms with Crippen LogP contribution in [0.2, 0.25) is 5.02 Å². The summed E-state index contributed by atoms with van der Waals surface area (Å²) in [5.74, 6) is 4.89. The first kappa shape index (κ1) is 33.2. The smallest absolute Gasteiger partial charge is 0.225 e. The molecule has 2 saturated heterocycles. The summed E-state index contributed by atoms with van der Waals surface area (Å²) in [7, 11) is 0. The van der Waals surface area contributed by atoms with Gasteiger partial charge in [0.2, 0.25) is 5.79 Å². The van der Waals surface area contributed by atoms with E-state index in [9.17, 15) is 5.11 Å². The molecule has 2 aliphatic rings. The minimum atomic E-state index is -1.41. The summed E-state index contributed by atoms with van der Waals surface area (Å²) < 4.78 is 33.0. The highest BCUT2D eigenvalue weighted by Crippen LogP contribution is 2.55. The van der Waals surface area contributed by atoms with Crippen molar-refractivity contribution in [3.05, 3.63) is 136 Å². The molecule has 6 rings (SSSR count). The Bertz CT molecular complexity index is 1690. The second-order valence-electron chi connectivity index (χ2n) is 12.1. The number of aliphatic hydroxyl groups is 1. The van der Waals surface area contributed by atoms with Gasteiger partial charge in [-0.25, -0.2) is 0 Å². The van der Waals surface area contributed by atoms with Gasteiger partial charge in [-0.3, -0.25) is 0 Å². The topological polar surface area (TPSA) is 66.4 Å². The Balaban J connectivity index is 1.41. The van der Waals surface area contributed by atoms with Crippen molar-refractivity contribution in [1.82, 2.24) is 0 Å². The number of fused-ring (bicyclic) bond motifs is 2. The number of rotatable bonds is 12. The van der Waals surface area contributed by atoms with Crippen molar-refractivity contribution in [3.63, 3.8) is 0 Å². The highest BCUT2D eigenvalue weighted by molar-refractivity contribution is 6.31. The van der Waals surface area contributed by atoms with E-state index in [0.29, 0.717) is 31.3 Å². The molecule has 7 heteroatoms. The first-order chi connectivity index (χ1) is 22.9. The Labute approximate surface area is 282 Å². The molecule has 4 aromatic carbocycles. The highest BCUT2D eigenvalue weighted by Gasteiger charge is 2.69.